The van der Waals surface area contributed by atoms with Crippen molar-refractivity contribution in [1.29, 1.82) is 0 Å². The zero-order chi connectivity index (χ0) is 30.0. The van der Waals surface area contributed by atoms with E-state index in [4.69, 9.17) is 21.3 Å². The van der Waals surface area contributed by atoms with Crippen molar-refractivity contribution in [3.8, 4) is 11.1 Å². The summed E-state index contributed by atoms with van der Waals surface area (Å²) in [5, 5.41) is 3.61. The van der Waals surface area contributed by atoms with Crippen LogP contribution in [0, 0.1) is 0 Å². The van der Waals surface area contributed by atoms with Crippen LogP contribution in [0.3, 0.4) is 0 Å². The summed E-state index contributed by atoms with van der Waals surface area (Å²) in [7, 11) is 0. The van der Waals surface area contributed by atoms with E-state index in [1.807, 2.05) is 78.1 Å². The second-order valence-corrected chi connectivity index (χ2v) is 11.5. The van der Waals surface area contributed by atoms with E-state index in [9.17, 15) is 18.0 Å². The Kier molecular flexibility index (Phi) is 8.20. The van der Waals surface area contributed by atoms with Crippen LogP contribution >= 0.6 is 11.6 Å². The molecule has 0 unspecified atom stereocenters. The highest BCUT2D eigenvalue weighted by Crippen LogP contribution is 2.52. The zero-order valence-electron chi connectivity index (χ0n) is 23.5. The molecule has 0 saturated carbocycles. The van der Waals surface area contributed by atoms with E-state index in [2.05, 4.69) is 15.9 Å². The van der Waals surface area contributed by atoms with Gasteiger partial charge >= 0.3 is 12.3 Å². The van der Waals surface area contributed by atoms with E-state index in [1.54, 1.807) is 0 Å². The molecular formula is C33H32ClF3N4O2. The van der Waals surface area contributed by atoms with Crippen LogP contribution < -0.4 is 10.2 Å². The normalized spacial score (nSPS) is 16.1. The Balaban J connectivity index is 1.10. The predicted molar refractivity (Wildman–Crippen MR) is 162 cm³/mol. The molecule has 1 aliphatic carbocycles. The Labute approximate surface area is 253 Å². The lowest BCUT2D eigenvalue weighted by atomic mass is 9.86. The number of hydrogen-bond donors (Lipinski definition) is 1. The second-order valence-electron chi connectivity index (χ2n) is 11.1. The van der Waals surface area contributed by atoms with E-state index in [0.717, 1.165) is 84.5 Å². The van der Waals surface area contributed by atoms with Crippen molar-refractivity contribution in [2.24, 2.45) is 0 Å². The number of carbonyl (C=O) groups is 1. The molecular weight excluding hydrogens is 577 g/mol. The molecule has 2 heterocycles. The number of fused-ring (bicyclic) bond motifs is 4. The smallest absolute Gasteiger partial charge is 0.408 e. The summed E-state index contributed by atoms with van der Waals surface area (Å²) in [6.45, 7) is 2.94. The van der Waals surface area contributed by atoms with Gasteiger partial charge in [0.1, 0.15) is 12.4 Å². The van der Waals surface area contributed by atoms with E-state index in [-0.39, 0.29) is 0 Å². The first kappa shape index (κ1) is 29.3. The van der Waals surface area contributed by atoms with Crippen molar-refractivity contribution < 1.29 is 22.7 Å². The molecule has 1 amide bonds. The monoisotopic (exact) mass is 608 g/mol. The predicted octanol–water partition coefficient (Wildman–Crippen LogP) is 7.39. The molecule has 1 aliphatic heterocycles. The minimum Gasteiger partial charge on any atom is -0.433 e. The Morgan fingerprint density at radius 2 is 1.58 bits per heavy atom. The lowest BCUT2D eigenvalue weighted by Gasteiger charge is -2.36. The van der Waals surface area contributed by atoms with Gasteiger partial charge in [0, 0.05) is 47.7 Å². The number of anilines is 1. The average molecular weight is 609 g/mol. The van der Waals surface area contributed by atoms with Crippen LogP contribution in [0.25, 0.3) is 22.0 Å². The van der Waals surface area contributed by atoms with Crippen molar-refractivity contribution in [2.75, 3.05) is 44.2 Å². The third-order valence-electron chi connectivity index (χ3n) is 8.30. The third-order valence-corrected chi connectivity index (χ3v) is 8.54. The number of piperazine rings is 1. The quantitative estimate of drug-likeness (QED) is 0.211. The molecule has 6 nitrogen and oxygen atoms in total. The van der Waals surface area contributed by atoms with Crippen LogP contribution in [0.15, 0.2) is 78.9 Å². The van der Waals surface area contributed by atoms with Crippen molar-refractivity contribution in [3.05, 3.63) is 95.0 Å². The van der Waals surface area contributed by atoms with Crippen molar-refractivity contribution >= 4 is 34.4 Å². The Bertz CT molecular complexity index is 1580. The van der Waals surface area contributed by atoms with Gasteiger partial charge < -0.3 is 15.0 Å². The van der Waals surface area contributed by atoms with E-state index in [1.165, 1.54) is 0 Å². The number of aromatic nitrogens is 1. The van der Waals surface area contributed by atoms with Crippen molar-refractivity contribution in [1.82, 2.24) is 15.2 Å². The van der Waals surface area contributed by atoms with Gasteiger partial charge in [-0.05, 0) is 67.3 Å². The van der Waals surface area contributed by atoms with Gasteiger partial charge in [-0.25, -0.2) is 9.78 Å². The largest absolute Gasteiger partial charge is 0.433 e. The number of pyridine rings is 1. The minimum atomic E-state index is -4.53. The molecule has 43 heavy (non-hydrogen) atoms. The van der Waals surface area contributed by atoms with Gasteiger partial charge in [0.25, 0.3) is 0 Å². The standard InChI is InChI=1S/C33H32ClF3N4O2/c34-24-12-13-29-23(21-24)11-14-30(39-29)41-19-17-40(18-20-41)16-6-5-15-32(43-31(42)38-22-33(35,36)37)27-9-3-1-7-25(27)26-8-2-4-10-28(26)32/h1-4,7-14,21H,5-6,15-20,22H2,(H,38,42). The highest BCUT2D eigenvalue weighted by atomic mass is 35.5. The molecule has 1 N–H and O–H groups in total. The summed E-state index contributed by atoms with van der Waals surface area (Å²) in [5.41, 5.74) is 3.23. The molecule has 1 fully saturated rings. The number of nitrogens with zero attached hydrogens (tertiary/aromatic N) is 3. The highest BCUT2D eigenvalue weighted by Gasteiger charge is 2.46. The lowest BCUT2D eigenvalue weighted by Crippen LogP contribution is -2.47. The molecule has 4 aromatic rings. The number of amides is 1. The molecule has 3 aromatic carbocycles. The molecule has 0 spiro atoms. The molecule has 2 aliphatic rings. The first-order chi connectivity index (χ1) is 20.7. The van der Waals surface area contributed by atoms with Gasteiger partial charge in [0.05, 0.1) is 5.52 Å². The van der Waals surface area contributed by atoms with Gasteiger partial charge in [-0.2, -0.15) is 13.2 Å². The summed E-state index contributed by atoms with van der Waals surface area (Å²) in [6.07, 6.45) is -3.56. The molecule has 1 saturated heterocycles. The summed E-state index contributed by atoms with van der Waals surface area (Å²) in [5.74, 6) is 0.955. The van der Waals surface area contributed by atoms with Crippen LogP contribution in [-0.4, -0.2) is 61.4 Å². The highest BCUT2D eigenvalue weighted by molar-refractivity contribution is 6.31. The summed E-state index contributed by atoms with van der Waals surface area (Å²) >= 11 is 6.11. The average Bonchev–Trinajstić information content (AvgIpc) is 3.27. The number of rotatable bonds is 8. The maximum Gasteiger partial charge on any atom is 0.408 e. The maximum absolute atomic E-state index is 12.8. The number of halogens is 4. The van der Waals surface area contributed by atoms with Crippen molar-refractivity contribution in [2.45, 2.75) is 31.0 Å². The minimum absolute atomic E-state index is 0.464. The van der Waals surface area contributed by atoms with Crippen LogP contribution in [0.4, 0.5) is 23.8 Å². The second kappa shape index (κ2) is 12.1. The van der Waals surface area contributed by atoms with Crippen LogP contribution in [0.2, 0.25) is 5.02 Å². The van der Waals surface area contributed by atoms with Gasteiger partial charge in [-0.1, -0.05) is 60.1 Å². The van der Waals surface area contributed by atoms with Gasteiger partial charge in [-0.3, -0.25) is 4.90 Å². The lowest BCUT2D eigenvalue weighted by molar-refractivity contribution is -0.124. The summed E-state index contributed by atoms with van der Waals surface area (Å²) < 4.78 is 44.5. The SMILES string of the molecule is O=C(NCC(F)(F)F)OC1(CCCCN2CCN(c3ccc4cc(Cl)ccc4n3)CC2)c2ccccc2-c2ccccc21. The van der Waals surface area contributed by atoms with E-state index >= 15 is 0 Å². The van der Waals surface area contributed by atoms with Gasteiger partial charge in [0.2, 0.25) is 0 Å². The number of ether oxygens (including phenoxy) is 1. The Morgan fingerprint density at radius 1 is 0.907 bits per heavy atom. The number of benzene rings is 3. The van der Waals surface area contributed by atoms with E-state index in [0.29, 0.717) is 11.4 Å². The van der Waals surface area contributed by atoms with Crippen molar-refractivity contribution in [3.63, 3.8) is 0 Å². The Morgan fingerprint density at radius 3 is 2.26 bits per heavy atom. The number of carbonyl (C=O) groups excluding carboxylic acids is 1. The molecule has 0 radical (unpaired) electrons. The van der Waals surface area contributed by atoms with Gasteiger partial charge in [0.15, 0.2) is 5.60 Å². The number of hydrogen-bond acceptors (Lipinski definition) is 5. The van der Waals surface area contributed by atoms with Crippen LogP contribution in [0.1, 0.15) is 30.4 Å². The number of alkyl halides is 3. The zero-order valence-corrected chi connectivity index (χ0v) is 24.3. The third kappa shape index (κ3) is 6.28. The fourth-order valence-corrected chi connectivity index (χ4v) is 6.43. The topological polar surface area (TPSA) is 57.7 Å². The molecule has 1 aromatic heterocycles. The molecule has 224 valence electrons. The fraction of sp³-hybridized carbons (Fsp3) is 0.333. The first-order valence-corrected chi connectivity index (χ1v) is 14.9. The maximum atomic E-state index is 12.8. The molecule has 0 atom stereocenters. The molecule has 0 bridgehead atoms. The summed E-state index contributed by atoms with van der Waals surface area (Å²) in [6, 6.07) is 25.1. The summed E-state index contributed by atoms with van der Waals surface area (Å²) in [4.78, 5) is 22.3. The van der Waals surface area contributed by atoms with Crippen LogP contribution in [-0.2, 0) is 10.3 Å². The number of nitrogens with one attached hydrogen (secondary N) is 1. The van der Waals surface area contributed by atoms with E-state index < -0.39 is 24.4 Å². The Hall–Kier alpha value is -3.82. The number of unbranched alkanes of at least 4 members (excludes halogenated alkanes) is 1. The molecule has 10 heteroatoms. The molecule has 6 rings (SSSR count). The number of alkyl carbamates (subject to hydrolysis) is 1. The first-order valence-electron chi connectivity index (χ1n) is 14.5. The van der Waals surface area contributed by atoms with Crippen LogP contribution in [0.5, 0.6) is 0 Å². The van der Waals surface area contributed by atoms with Gasteiger partial charge in [-0.15, -0.1) is 0 Å². The fourth-order valence-electron chi connectivity index (χ4n) is 6.25.